The Morgan fingerprint density at radius 1 is 1.00 bits per heavy atom. The van der Waals surface area contributed by atoms with Gasteiger partial charge in [0.1, 0.15) is 11.8 Å². The highest BCUT2D eigenvalue weighted by Gasteiger charge is 2.31. The van der Waals surface area contributed by atoms with E-state index in [0.29, 0.717) is 5.65 Å². The summed E-state index contributed by atoms with van der Waals surface area (Å²) in [5.74, 6) is 0.929. The molecule has 1 aliphatic heterocycles. The second-order valence-corrected chi connectivity index (χ2v) is 6.32. The van der Waals surface area contributed by atoms with Crippen LogP contribution in [0.3, 0.4) is 0 Å². The van der Waals surface area contributed by atoms with Crippen LogP contribution in [0, 0.1) is 0 Å². The molecule has 124 valence electrons. The Kier molecular flexibility index (Phi) is 3.26. The minimum absolute atomic E-state index is 0.270. The number of hydrogen-bond acceptors (Lipinski definition) is 4. The lowest BCUT2D eigenvalue weighted by molar-refractivity contribution is 0.695. The Hall–Kier alpha value is -3.15. The second-order valence-electron chi connectivity index (χ2n) is 6.32. The molecule has 4 heterocycles. The van der Waals surface area contributed by atoms with Crippen LogP contribution in [0.15, 0.2) is 55.2 Å². The lowest BCUT2D eigenvalue weighted by atomic mass is 10.0. The molecule has 4 aromatic rings. The zero-order valence-electron chi connectivity index (χ0n) is 13.7. The fourth-order valence-electron chi connectivity index (χ4n) is 3.82. The smallest absolute Gasteiger partial charge is 0.182 e. The lowest BCUT2D eigenvalue weighted by Crippen LogP contribution is -2.24. The van der Waals surface area contributed by atoms with E-state index < -0.39 is 0 Å². The lowest BCUT2D eigenvalue weighted by Gasteiger charge is -2.26. The quantitative estimate of drug-likeness (QED) is 0.601. The van der Waals surface area contributed by atoms with E-state index in [1.807, 2.05) is 12.3 Å². The van der Waals surface area contributed by atoms with Gasteiger partial charge in [-0.15, -0.1) is 0 Å². The third-order valence-electron chi connectivity index (χ3n) is 4.92. The van der Waals surface area contributed by atoms with Crippen molar-refractivity contribution in [2.45, 2.75) is 18.9 Å². The predicted octanol–water partition coefficient (Wildman–Crippen LogP) is 3.69. The number of rotatable bonds is 3. The Morgan fingerprint density at radius 3 is 2.84 bits per heavy atom. The van der Waals surface area contributed by atoms with Crippen molar-refractivity contribution in [2.75, 3.05) is 11.4 Å². The molecule has 1 aliphatic rings. The van der Waals surface area contributed by atoms with Crippen LogP contribution in [0.2, 0.25) is 0 Å². The number of nitrogens with zero attached hydrogens (tertiary/aromatic N) is 4. The minimum Gasteiger partial charge on any atom is -0.363 e. The monoisotopic (exact) mass is 330 g/mol. The van der Waals surface area contributed by atoms with Crippen molar-refractivity contribution in [1.82, 2.24) is 24.9 Å². The van der Waals surface area contributed by atoms with Crippen molar-refractivity contribution >= 4 is 17.0 Å². The summed E-state index contributed by atoms with van der Waals surface area (Å²) in [6.07, 6.45) is 7.54. The number of H-pyrrole nitrogens is 2. The van der Waals surface area contributed by atoms with Crippen molar-refractivity contribution in [3.8, 4) is 11.1 Å². The van der Waals surface area contributed by atoms with E-state index in [2.05, 4.69) is 60.2 Å². The van der Waals surface area contributed by atoms with Crippen LogP contribution in [0.25, 0.3) is 22.3 Å². The van der Waals surface area contributed by atoms with Gasteiger partial charge in [0.2, 0.25) is 0 Å². The molecule has 0 unspecified atom stereocenters. The van der Waals surface area contributed by atoms with E-state index in [1.54, 1.807) is 12.7 Å². The maximum atomic E-state index is 4.55. The van der Waals surface area contributed by atoms with Crippen molar-refractivity contribution in [2.24, 2.45) is 0 Å². The summed E-state index contributed by atoms with van der Waals surface area (Å²) in [4.78, 5) is 22.1. The van der Waals surface area contributed by atoms with Crippen molar-refractivity contribution in [1.29, 1.82) is 0 Å². The van der Waals surface area contributed by atoms with E-state index in [1.165, 1.54) is 16.8 Å². The topological polar surface area (TPSA) is 73.5 Å². The van der Waals surface area contributed by atoms with E-state index in [4.69, 9.17) is 0 Å². The first-order valence-electron chi connectivity index (χ1n) is 8.55. The molecule has 0 radical (unpaired) electrons. The largest absolute Gasteiger partial charge is 0.363 e. The summed E-state index contributed by atoms with van der Waals surface area (Å²) < 4.78 is 0. The van der Waals surface area contributed by atoms with Gasteiger partial charge in [-0.3, -0.25) is 0 Å². The number of nitrogens with one attached hydrogen (secondary N) is 2. The standard InChI is InChI=1S/C19H18N6/c1-2-5-13(6-3-1)14-8-9-20-16(14)15-7-4-10-25(15)19-17-18(22-11-21-17)23-12-24-19/h1-3,5-6,8-9,11-12,15,20H,4,7,10H2,(H,21,22,23,24)/t15-/m0/s1. The number of fused-ring (bicyclic) bond motifs is 1. The minimum atomic E-state index is 0.270. The summed E-state index contributed by atoms with van der Waals surface area (Å²) in [6, 6.07) is 13.0. The fraction of sp³-hybridized carbons (Fsp3) is 0.211. The first kappa shape index (κ1) is 14.2. The first-order chi connectivity index (χ1) is 12.4. The summed E-state index contributed by atoms with van der Waals surface area (Å²) in [5, 5.41) is 0. The van der Waals surface area contributed by atoms with Crippen LogP contribution in [0.4, 0.5) is 5.82 Å². The maximum absolute atomic E-state index is 4.55. The molecule has 2 N–H and O–H groups in total. The van der Waals surface area contributed by atoms with Crippen LogP contribution in [-0.2, 0) is 0 Å². The average molecular weight is 330 g/mol. The molecular weight excluding hydrogens is 312 g/mol. The third kappa shape index (κ3) is 2.29. The summed E-state index contributed by atoms with van der Waals surface area (Å²) in [6.45, 7) is 0.975. The van der Waals surface area contributed by atoms with Gasteiger partial charge in [-0.2, -0.15) is 0 Å². The molecule has 0 saturated carbocycles. The van der Waals surface area contributed by atoms with Crippen LogP contribution in [-0.4, -0.2) is 31.5 Å². The molecule has 0 bridgehead atoms. The Balaban J connectivity index is 1.59. The van der Waals surface area contributed by atoms with Gasteiger partial charge in [-0.1, -0.05) is 30.3 Å². The molecule has 0 spiro atoms. The highest BCUT2D eigenvalue weighted by atomic mass is 15.3. The van der Waals surface area contributed by atoms with E-state index in [-0.39, 0.29) is 6.04 Å². The normalized spacial score (nSPS) is 17.4. The molecular formula is C19H18N6. The SMILES string of the molecule is c1ccc(-c2cc[nH]c2[C@@H]2CCCN2c2ncnc3nc[nH]c23)cc1. The Labute approximate surface area is 145 Å². The molecule has 25 heavy (non-hydrogen) atoms. The highest BCUT2D eigenvalue weighted by molar-refractivity contribution is 5.83. The van der Waals surface area contributed by atoms with Gasteiger partial charge in [-0.25, -0.2) is 15.0 Å². The van der Waals surface area contributed by atoms with Gasteiger partial charge >= 0.3 is 0 Å². The zero-order chi connectivity index (χ0) is 16.6. The number of anilines is 1. The number of hydrogen-bond donors (Lipinski definition) is 2. The molecule has 1 fully saturated rings. The van der Waals surface area contributed by atoms with E-state index >= 15 is 0 Å². The molecule has 1 atom stereocenters. The van der Waals surface area contributed by atoms with Crippen LogP contribution < -0.4 is 4.90 Å². The van der Waals surface area contributed by atoms with Crippen LogP contribution in [0.5, 0.6) is 0 Å². The maximum Gasteiger partial charge on any atom is 0.182 e. The Bertz CT molecular complexity index is 1000. The van der Waals surface area contributed by atoms with Gasteiger partial charge in [0.25, 0.3) is 0 Å². The first-order valence-corrected chi connectivity index (χ1v) is 8.55. The summed E-state index contributed by atoms with van der Waals surface area (Å²) >= 11 is 0. The third-order valence-corrected chi connectivity index (χ3v) is 4.92. The van der Waals surface area contributed by atoms with Crippen molar-refractivity contribution in [3.63, 3.8) is 0 Å². The number of aromatic nitrogens is 5. The van der Waals surface area contributed by atoms with Gasteiger partial charge in [0.05, 0.1) is 12.4 Å². The molecule has 6 nitrogen and oxygen atoms in total. The number of aromatic amines is 2. The molecule has 1 saturated heterocycles. The zero-order valence-corrected chi connectivity index (χ0v) is 13.7. The molecule has 5 rings (SSSR count). The van der Waals surface area contributed by atoms with Crippen molar-refractivity contribution in [3.05, 3.63) is 60.9 Å². The van der Waals surface area contributed by atoms with Gasteiger partial charge in [0, 0.05) is 24.0 Å². The Morgan fingerprint density at radius 2 is 1.92 bits per heavy atom. The van der Waals surface area contributed by atoms with Gasteiger partial charge < -0.3 is 14.9 Å². The van der Waals surface area contributed by atoms with E-state index in [9.17, 15) is 0 Å². The second kappa shape index (κ2) is 5.73. The fourth-order valence-corrected chi connectivity index (χ4v) is 3.82. The number of imidazole rings is 1. The van der Waals surface area contributed by atoms with Crippen LogP contribution >= 0.6 is 0 Å². The molecule has 1 aromatic carbocycles. The molecule has 0 amide bonds. The van der Waals surface area contributed by atoms with Crippen LogP contribution in [0.1, 0.15) is 24.6 Å². The average Bonchev–Trinajstić information content (AvgIpc) is 3.40. The van der Waals surface area contributed by atoms with E-state index in [0.717, 1.165) is 30.7 Å². The highest BCUT2D eigenvalue weighted by Crippen LogP contribution is 2.40. The van der Waals surface area contributed by atoms with Gasteiger partial charge in [-0.05, 0) is 24.5 Å². The number of benzene rings is 1. The summed E-state index contributed by atoms with van der Waals surface area (Å²) in [7, 11) is 0. The van der Waals surface area contributed by atoms with Gasteiger partial charge in [0.15, 0.2) is 11.5 Å². The molecule has 0 aliphatic carbocycles. The predicted molar refractivity (Wildman–Crippen MR) is 97.2 cm³/mol. The van der Waals surface area contributed by atoms with Crippen molar-refractivity contribution < 1.29 is 0 Å². The molecule has 3 aromatic heterocycles. The molecule has 6 heteroatoms. The summed E-state index contributed by atoms with van der Waals surface area (Å²) in [5.41, 5.74) is 5.36.